The Morgan fingerprint density at radius 2 is 1.54 bits per heavy atom. The van der Waals surface area contributed by atoms with Crippen LogP contribution in [0.1, 0.15) is 11.1 Å². The number of aromatic nitrogens is 2. The minimum absolute atomic E-state index is 0. The quantitative estimate of drug-likeness (QED) is 0.425. The van der Waals surface area contributed by atoms with Gasteiger partial charge in [0, 0.05) is 15.5 Å². The summed E-state index contributed by atoms with van der Waals surface area (Å²) in [5.41, 5.74) is 4.53. The summed E-state index contributed by atoms with van der Waals surface area (Å²) >= 11 is 3.51. The van der Waals surface area contributed by atoms with Crippen molar-refractivity contribution in [3.8, 4) is 0 Å². The number of fused-ring (bicyclic) bond motifs is 1. The number of benzene rings is 3. The Morgan fingerprint density at radius 3 is 2.31 bits per heavy atom. The molecule has 0 saturated carbocycles. The number of nitrogens with one attached hydrogen (secondary N) is 1. The Hall–Kier alpha value is -2.43. The minimum atomic E-state index is 0. The number of rotatable bonds is 4. The van der Waals surface area contributed by atoms with Crippen LogP contribution in [-0.4, -0.2) is 9.97 Å². The summed E-state index contributed by atoms with van der Waals surface area (Å²) in [5, 5.41) is 4.38. The topological polar surface area (TPSA) is 37.8 Å². The van der Waals surface area contributed by atoms with Gasteiger partial charge in [0.25, 0.3) is 0 Å². The number of hydrogen-bond acceptors (Lipinski definition) is 3. The summed E-state index contributed by atoms with van der Waals surface area (Å²) in [4.78, 5) is 8.70. The molecule has 0 unspecified atom stereocenters. The second kappa shape index (κ2) is 8.30. The zero-order valence-corrected chi connectivity index (χ0v) is 16.3. The Bertz CT molecular complexity index is 1000. The molecule has 0 aliphatic heterocycles. The molecule has 0 saturated heterocycles. The van der Waals surface area contributed by atoms with Crippen molar-refractivity contribution < 1.29 is 0 Å². The first-order valence-electron chi connectivity index (χ1n) is 8.08. The van der Waals surface area contributed by atoms with Crippen LogP contribution in [-0.2, 0) is 6.42 Å². The summed E-state index contributed by atoms with van der Waals surface area (Å²) in [5.74, 6) is 0.808. The van der Waals surface area contributed by atoms with Gasteiger partial charge in [-0.1, -0.05) is 58.4 Å². The average Bonchev–Trinajstić information content (AvgIpc) is 2.65. The first kappa shape index (κ1) is 18.4. The van der Waals surface area contributed by atoms with Gasteiger partial charge in [0.05, 0.1) is 5.52 Å². The molecule has 130 valence electrons. The van der Waals surface area contributed by atoms with E-state index in [1.807, 2.05) is 24.3 Å². The van der Waals surface area contributed by atoms with Crippen molar-refractivity contribution in [1.29, 1.82) is 0 Å². The summed E-state index contributed by atoms with van der Waals surface area (Å²) in [6.07, 6.45) is 2.52. The predicted molar refractivity (Wildman–Crippen MR) is 113 cm³/mol. The Kier molecular flexibility index (Phi) is 5.86. The van der Waals surface area contributed by atoms with Crippen molar-refractivity contribution >= 4 is 50.7 Å². The summed E-state index contributed by atoms with van der Waals surface area (Å²) in [6.45, 7) is 0. The van der Waals surface area contributed by atoms with Crippen molar-refractivity contribution in [3.63, 3.8) is 0 Å². The second-order valence-electron chi connectivity index (χ2n) is 5.87. The van der Waals surface area contributed by atoms with E-state index in [4.69, 9.17) is 0 Å². The van der Waals surface area contributed by atoms with Gasteiger partial charge in [-0.05, 0) is 47.9 Å². The first-order valence-corrected chi connectivity index (χ1v) is 8.87. The molecule has 0 radical (unpaired) electrons. The minimum Gasteiger partial charge on any atom is -0.340 e. The SMILES string of the molecule is Brc1ccc2ncnc(Nc3ccc(Cc4ccccc4)cc3)c2c1.Cl. The maximum Gasteiger partial charge on any atom is 0.141 e. The van der Waals surface area contributed by atoms with E-state index in [1.165, 1.54) is 11.1 Å². The largest absolute Gasteiger partial charge is 0.340 e. The van der Waals surface area contributed by atoms with Gasteiger partial charge in [0.15, 0.2) is 0 Å². The zero-order valence-electron chi connectivity index (χ0n) is 13.9. The van der Waals surface area contributed by atoms with Crippen LogP contribution in [0.25, 0.3) is 10.9 Å². The molecule has 0 aliphatic carbocycles. The molecular formula is C21H17BrClN3. The Labute approximate surface area is 167 Å². The van der Waals surface area contributed by atoms with Gasteiger partial charge in [0.2, 0.25) is 0 Å². The van der Waals surface area contributed by atoms with Gasteiger partial charge >= 0.3 is 0 Å². The van der Waals surface area contributed by atoms with Crippen LogP contribution < -0.4 is 5.32 Å². The van der Waals surface area contributed by atoms with Gasteiger partial charge < -0.3 is 5.32 Å². The normalized spacial score (nSPS) is 10.3. The van der Waals surface area contributed by atoms with E-state index < -0.39 is 0 Å². The van der Waals surface area contributed by atoms with Gasteiger partial charge in [-0.25, -0.2) is 9.97 Å². The fraction of sp³-hybridized carbons (Fsp3) is 0.0476. The summed E-state index contributed by atoms with van der Waals surface area (Å²) in [6, 6.07) is 25.0. The van der Waals surface area contributed by atoms with Crippen LogP contribution >= 0.6 is 28.3 Å². The maximum absolute atomic E-state index is 4.39. The third-order valence-corrected chi connectivity index (χ3v) is 4.56. The smallest absolute Gasteiger partial charge is 0.141 e. The van der Waals surface area contributed by atoms with Crippen LogP contribution in [0.15, 0.2) is 83.6 Å². The van der Waals surface area contributed by atoms with Gasteiger partial charge in [-0.2, -0.15) is 0 Å². The Balaban J connectivity index is 0.00000196. The van der Waals surface area contributed by atoms with Gasteiger partial charge in [0.1, 0.15) is 12.1 Å². The second-order valence-corrected chi connectivity index (χ2v) is 6.78. The number of halogens is 2. The van der Waals surface area contributed by atoms with Crippen LogP contribution in [0.5, 0.6) is 0 Å². The van der Waals surface area contributed by atoms with Crippen molar-refractivity contribution in [1.82, 2.24) is 9.97 Å². The third kappa shape index (κ3) is 4.21. The van der Waals surface area contributed by atoms with E-state index >= 15 is 0 Å². The lowest BCUT2D eigenvalue weighted by Crippen LogP contribution is -1.96. The van der Waals surface area contributed by atoms with Gasteiger partial charge in [-0.3, -0.25) is 0 Å². The van der Waals surface area contributed by atoms with Crippen LogP contribution in [0.3, 0.4) is 0 Å². The molecule has 1 aromatic heterocycles. The summed E-state index contributed by atoms with van der Waals surface area (Å²) in [7, 11) is 0. The van der Waals surface area contributed by atoms with Crippen molar-refractivity contribution in [3.05, 3.63) is 94.7 Å². The van der Waals surface area contributed by atoms with Crippen LogP contribution in [0, 0.1) is 0 Å². The molecule has 4 aromatic rings. The lowest BCUT2D eigenvalue weighted by atomic mass is 10.0. The average molecular weight is 427 g/mol. The lowest BCUT2D eigenvalue weighted by molar-refractivity contribution is 1.19. The van der Waals surface area contributed by atoms with Crippen molar-refractivity contribution in [2.75, 3.05) is 5.32 Å². The molecule has 3 nitrogen and oxygen atoms in total. The highest BCUT2D eigenvalue weighted by Crippen LogP contribution is 2.26. The van der Waals surface area contributed by atoms with E-state index in [0.29, 0.717) is 0 Å². The van der Waals surface area contributed by atoms with Crippen molar-refractivity contribution in [2.45, 2.75) is 6.42 Å². The fourth-order valence-electron chi connectivity index (χ4n) is 2.80. The van der Waals surface area contributed by atoms with Gasteiger partial charge in [-0.15, -0.1) is 12.4 Å². The molecule has 5 heteroatoms. The molecule has 0 aliphatic rings. The molecule has 1 N–H and O–H groups in total. The fourth-order valence-corrected chi connectivity index (χ4v) is 3.16. The molecule has 0 spiro atoms. The highest BCUT2D eigenvalue weighted by Gasteiger charge is 2.05. The number of anilines is 2. The van der Waals surface area contributed by atoms with E-state index in [9.17, 15) is 0 Å². The molecule has 26 heavy (non-hydrogen) atoms. The van der Waals surface area contributed by atoms with Crippen LogP contribution in [0.2, 0.25) is 0 Å². The first-order chi connectivity index (χ1) is 12.3. The van der Waals surface area contributed by atoms with Crippen molar-refractivity contribution in [2.24, 2.45) is 0 Å². The van der Waals surface area contributed by atoms with E-state index in [-0.39, 0.29) is 12.4 Å². The highest BCUT2D eigenvalue weighted by atomic mass is 79.9. The predicted octanol–water partition coefficient (Wildman–Crippen LogP) is 6.15. The molecule has 0 fully saturated rings. The zero-order chi connectivity index (χ0) is 17.1. The monoisotopic (exact) mass is 425 g/mol. The third-order valence-electron chi connectivity index (χ3n) is 4.07. The number of hydrogen-bond donors (Lipinski definition) is 1. The highest BCUT2D eigenvalue weighted by molar-refractivity contribution is 9.10. The molecule has 1 heterocycles. The molecular weight excluding hydrogens is 410 g/mol. The maximum atomic E-state index is 4.39. The lowest BCUT2D eigenvalue weighted by Gasteiger charge is -2.09. The Morgan fingerprint density at radius 1 is 0.808 bits per heavy atom. The van der Waals surface area contributed by atoms with E-state index in [2.05, 4.69) is 79.7 Å². The summed E-state index contributed by atoms with van der Waals surface area (Å²) < 4.78 is 1.01. The standard InChI is InChI=1S/C21H16BrN3.ClH/c22-17-8-11-20-19(13-17)21(24-14-23-20)25-18-9-6-16(7-10-18)12-15-4-2-1-3-5-15;/h1-11,13-14H,12H2,(H,23,24,25);1H. The molecule has 0 atom stereocenters. The number of nitrogens with zero attached hydrogens (tertiary/aromatic N) is 2. The molecule has 3 aromatic carbocycles. The molecule has 4 rings (SSSR count). The van der Waals surface area contributed by atoms with E-state index in [0.717, 1.165) is 33.3 Å². The van der Waals surface area contributed by atoms with E-state index in [1.54, 1.807) is 6.33 Å². The van der Waals surface area contributed by atoms with Crippen LogP contribution in [0.4, 0.5) is 11.5 Å². The molecule has 0 bridgehead atoms. The molecule has 0 amide bonds.